The molecule has 16 heavy (non-hydrogen) atoms. The molecule has 0 heterocycles. The fourth-order valence-electron chi connectivity index (χ4n) is 1.81. The molecular weight excluding hydrogens is 198 g/mol. The molecule has 0 fully saturated rings. The Balaban J connectivity index is 2.37. The van der Waals surface area contributed by atoms with Crippen molar-refractivity contribution in [2.75, 3.05) is 7.11 Å². The second-order valence-electron chi connectivity index (χ2n) is 4.23. The Bertz CT molecular complexity index is 281. The number of ether oxygens (including phenoxy) is 1. The van der Waals surface area contributed by atoms with Crippen molar-refractivity contribution in [3.05, 3.63) is 29.8 Å². The lowest BCUT2D eigenvalue weighted by Gasteiger charge is -2.12. The fraction of sp³-hybridized carbons (Fsp3) is 0.571. The van der Waals surface area contributed by atoms with Gasteiger partial charge in [0, 0.05) is 6.04 Å². The quantitative estimate of drug-likeness (QED) is 0.713. The van der Waals surface area contributed by atoms with E-state index in [0.717, 1.165) is 12.2 Å². The van der Waals surface area contributed by atoms with Crippen LogP contribution in [0.2, 0.25) is 0 Å². The first kappa shape index (κ1) is 13.0. The maximum atomic E-state index is 6.13. The molecular formula is C14H23NO. The molecule has 2 N–H and O–H groups in total. The lowest BCUT2D eigenvalue weighted by atomic mass is 10.0. The summed E-state index contributed by atoms with van der Waals surface area (Å²) in [5, 5.41) is 0. The molecule has 0 saturated heterocycles. The van der Waals surface area contributed by atoms with E-state index in [1.54, 1.807) is 7.11 Å². The SMILES string of the molecule is CCCCCCC(N)c1ccc(OC)cc1. The van der Waals surface area contributed by atoms with Gasteiger partial charge in [0.15, 0.2) is 0 Å². The summed E-state index contributed by atoms with van der Waals surface area (Å²) in [5.74, 6) is 0.891. The number of rotatable bonds is 7. The van der Waals surface area contributed by atoms with Crippen LogP contribution in [0.1, 0.15) is 50.6 Å². The third-order valence-electron chi connectivity index (χ3n) is 2.91. The second-order valence-corrected chi connectivity index (χ2v) is 4.23. The van der Waals surface area contributed by atoms with Crippen molar-refractivity contribution < 1.29 is 4.74 Å². The van der Waals surface area contributed by atoms with Crippen molar-refractivity contribution in [3.8, 4) is 5.75 Å². The van der Waals surface area contributed by atoms with E-state index in [-0.39, 0.29) is 6.04 Å². The van der Waals surface area contributed by atoms with E-state index in [9.17, 15) is 0 Å². The molecule has 1 aromatic carbocycles. The molecule has 2 heteroatoms. The highest BCUT2D eigenvalue weighted by atomic mass is 16.5. The fourth-order valence-corrected chi connectivity index (χ4v) is 1.81. The smallest absolute Gasteiger partial charge is 0.118 e. The molecule has 1 unspecified atom stereocenters. The molecule has 1 aromatic rings. The first-order valence-corrected chi connectivity index (χ1v) is 6.17. The third-order valence-corrected chi connectivity index (χ3v) is 2.91. The van der Waals surface area contributed by atoms with Gasteiger partial charge in [0.05, 0.1) is 7.11 Å². The zero-order valence-corrected chi connectivity index (χ0v) is 10.4. The number of hydrogen-bond donors (Lipinski definition) is 1. The van der Waals surface area contributed by atoms with Gasteiger partial charge in [-0.3, -0.25) is 0 Å². The van der Waals surface area contributed by atoms with E-state index >= 15 is 0 Å². The first-order valence-electron chi connectivity index (χ1n) is 6.17. The lowest BCUT2D eigenvalue weighted by molar-refractivity contribution is 0.414. The zero-order chi connectivity index (χ0) is 11.8. The van der Waals surface area contributed by atoms with Gasteiger partial charge in [-0.05, 0) is 24.1 Å². The van der Waals surface area contributed by atoms with Crippen LogP contribution < -0.4 is 10.5 Å². The van der Waals surface area contributed by atoms with Crippen LogP contribution in [0, 0.1) is 0 Å². The van der Waals surface area contributed by atoms with Gasteiger partial charge < -0.3 is 10.5 Å². The Labute approximate surface area is 98.8 Å². The van der Waals surface area contributed by atoms with E-state index in [0.29, 0.717) is 0 Å². The molecule has 1 atom stereocenters. The molecule has 0 bridgehead atoms. The number of benzene rings is 1. The van der Waals surface area contributed by atoms with Crippen LogP contribution in [-0.2, 0) is 0 Å². The molecule has 0 amide bonds. The van der Waals surface area contributed by atoms with Crippen molar-refractivity contribution in [3.63, 3.8) is 0 Å². The van der Waals surface area contributed by atoms with Gasteiger partial charge in [-0.25, -0.2) is 0 Å². The Morgan fingerprint density at radius 3 is 2.38 bits per heavy atom. The molecule has 0 aromatic heterocycles. The van der Waals surface area contributed by atoms with E-state index in [1.165, 1.54) is 31.2 Å². The maximum absolute atomic E-state index is 6.13. The molecule has 0 aliphatic rings. The van der Waals surface area contributed by atoms with Crippen LogP contribution in [0.25, 0.3) is 0 Å². The predicted octanol–water partition coefficient (Wildman–Crippen LogP) is 3.67. The Morgan fingerprint density at radius 2 is 1.81 bits per heavy atom. The minimum atomic E-state index is 0.169. The average Bonchev–Trinajstić information content (AvgIpc) is 2.34. The summed E-state index contributed by atoms with van der Waals surface area (Å²) in [6.45, 7) is 2.23. The summed E-state index contributed by atoms with van der Waals surface area (Å²) < 4.78 is 5.12. The number of unbranched alkanes of at least 4 members (excludes halogenated alkanes) is 3. The largest absolute Gasteiger partial charge is 0.497 e. The summed E-state index contributed by atoms with van der Waals surface area (Å²) >= 11 is 0. The van der Waals surface area contributed by atoms with E-state index in [4.69, 9.17) is 10.5 Å². The predicted molar refractivity (Wildman–Crippen MR) is 68.7 cm³/mol. The number of nitrogens with two attached hydrogens (primary N) is 1. The Kier molecular flexibility index (Phi) is 5.94. The summed E-state index contributed by atoms with van der Waals surface area (Å²) in [6.07, 6.45) is 6.18. The van der Waals surface area contributed by atoms with Gasteiger partial charge in [-0.1, -0.05) is 44.7 Å². The first-order chi connectivity index (χ1) is 7.77. The monoisotopic (exact) mass is 221 g/mol. The van der Waals surface area contributed by atoms with Crippen molar-refractivity contribution >= 4 is 0 Å². The van der Waals surface area contributed by atoms with Gasteiger partial charge in [-0.15, -0.1) is 0 Å². The highest BCUT2D eigenvalue weighted by Gasteiger charge is 2.05. The molecule has 0 aliphatic heterocycles. The highest BCUT2D eigenvalue weighted by Crippen LogP contribution is 2.20. The Morgan fingerprint density at radius 1 is 1.12 bits per heavy atom. The van der Waals surface area contributed by atoms with Crippen molar-refractivity contribution in [1.82, 2.24) is 0 Å². The topological polar surface area (TPSA) is 35.2 Å². The second kappa shape index (κ2) is 7.29. The summed E-state index contributed by atoms with van der Waals surface area (Å²) in [7, 11) is 1.68. The van der Waals surface area contributed by atoms with Gasteiger partial charge in [-0.2, -0.15) is 0 Å². The standard InChI is InChI=1S/C14H23NO/c1-3-4-5-6-7-14(15)12-8-10-13(16-2)11-9-12/h8-11,14H,3-7,15H2,1-2H3. The van der Waals surface area contributed by atoms with Gasteiger partial charge in [0.1, 0.15) is 5.75 Å². The van der Waals surface area contributed by atoms with Crippen molar-refractivity contribution in [2.45, 2.75) is 45.1 Å². The molecule has 2 nitrogen and oxygen atoms in total. The van der Waals surface area contributed by atoms with E-state index in [1.807, 2.05) is 12.1 Å². The number of hydrogen-bond acceptors (Lipinski definition) is 2. The molecule has 90 valence electrons. The summed E-state index contributed by atoms with van der Waals surface area (Å²) in [4.78, 5) is 0. The van der Waals surface area contributed by atoms with Crippen molar-refractivity contribution in [1.29, 1.82) is 0 Å². The minimum absolute atomic E-state index is 0.169. The van der Waals surface area contributed by atoms with Gasteiger partial charge in [0.25, 0.3) is 0 Å². The zero-order valence-electron chi connectivity index (χ0n) is 10.4. The highest BCUT2D eigenvalue weighted by molar-refractivity contribution is 5.28. The van der Waals surface area contributed by atoms with Crippen LogP contribution >= 0.6 is 0 Å². The van der Waals surface area contributed by atoms with Crippen molar-refractivity contribution in [2.24, 2.45) is 5.73 Å². The van der Waals surface area contributed by atoms with Crippen LogP contribution in [0.3, 0.4) is 0 Å². The van der Waals surface area contributed by atoms with Crippen LogP contribution in [0.15, 0.2) is 24.3 Å². The Hall–Kier alpha value is -1.02. The molecule has 0 aliphatic carbocycles. The average molecular weight is 221 g/mol. The molecule has 0 spiro atoms. The molecule has 1 rings (SSSR count). The van der Waals surface area contributed by atoms with E-state index in [2.05, 4.69) is 19.1 Å². The van der Waals surface area contributed by atoms with E-state index < -0.39 is 0 Å². The van der Waals surface area contributed by atoms with Crippen LogP contribution in [-0.4, -0.2) is 7.11 Å². The lowest BCUT2D eigenvalue weighted by Crippen LogP contribution is -2.09. The third kappa shape index (κ3) is 4.23. The van der Waals surface area contributed by atoms with Gasteiger partial charge >= 0.3 is 0 Å². The molecule has 0 saturated carbocycles. The van der Waals surface area contributed by atoms with Crippen LogP contribution in [0.4, 0.5) is 0 Å². The molecule has 0 radical (unpaired) electrons. The van der Waals surface area contributed by atoms with Gasteiger partial charge in [0.2, 0.25) is 0 Å². The maximum Gasteiger partial charge on any atom is 0.118 e. The summed E-state index contributed by atoms with van der Waals surface area (Å²) in [5.41, 5.74) is 7.33. The van der Waals surface area contributed by atoms with Crippen LogP contribution in [0.5, 0.6) is 5.75 Å². The number of methoxy groups -OCH3 is 1. The minimum Gasteiger partial charge on any atom is -0.497 e. The summed E-state index contributed by atoms with van der Waals surface area (Å²) in [6, 6.07) is 8.23. The normalized spacial score (nSPS) is 12.4.